The van der Waals surface area contributed by atoms with Crippen molar-refractivity contribution in [2.75, 3.05) is 11.5 Å². The minimum absolute atomic E-state index is 0. The Hall–Kier alpha value is -4.05. The third-order valence-corrected chi connectivity index (χ3v) is 10.2. The summed E-state index contributed by atoms with van der Waals surface area (Å²) in [6.45, 7) is 5.24. The van der Waals surface area contributed by atoms with E-state index < -0.39 is 74.4 Å². The quantitative estimate of drug-likeness (QED) is 0.149. The standard InChI is InChI=1S/C13H14F3N3O3S.C13H12F3N3O3S.CH4.Mn.2O/c2*1-3-23(21,22)12-6-9(13(14,15)16)4-5-11(12)19-8(2)10(7-20)17-18-19;;;;/h4-6,20H,3,7H2,1-2H3;4-7H,3H2,1-2H3;1H4;;;. The van der Waals surface area contributed by atoms with Gasteiger partial charge in [-0.3, -0.25) is 4.79 Å². The third-order valence-electron chi connectivity index (χ3n) is 6.64. The number of nitrogens with zero attached hydrogens (tertiary/aromatic N) is 6. The van der Waals surface area contributed by atoms with E-state index in [0.29, 0.717) is 24.1 Å². The fraction of sp³-hybridized carbons (Fsp3) is 0.370. The van der Waals surface area contributed by atoms with Crippen molar-refractivity contribution >= 4 is 26.0 Å². The maximum absolute atomic E-state index is 12.9. The normalized spacial score (nSPS) is 11.7. The van der Waals surface area contributed by atoms with E-state index in [9.17, 15) is 48.0 Å². The van der Waals surface area contributed by atoms with Gasteiger partial charge in [-0.05, 0) is 50.2 Å². The zero-order valence-corrected chi connectivity index (χ0v) is 28.4. The summed E-state index contributed by atoms with van der Waals surface area (Å²) in [4.78, 5) is 9.82. The van der Waals surface area contributed by atoms with Crippen molar-refractivity contribution in [2.24, 2.45) is 0 Å². The number of benzene rings is 2. The Labute approximate surface area is 287 Å². The molecule has 1 N–H and O–H groups in total. The van der Waals surface area contributed by atoms with E-state index in [1.54, 1.807) is 0 Å². The number of sulfone groups is 2. The van der Waals surface area contributed by atoms with E-state index >= 15 is 0 Å². The summed E-state index contributed by atoms with van der Waals surface area (Å²) in [5, 5.41) is 23.7. The average Bonchev–Trinajstić information content (AvgIpc) is 3.61. The maximum atomic E-state index is 12.9. The second kappa shape index (κ2) is 17.2. The van der Waals surface area contributed by atoms with Gasteiger partial charge in [0.25, 0.3) is 0 Å². The van der Waals surface area contributed by atoms with Gasteiger partial charge in [0, 0.05) is 0 Å². The van der Waals surface area contributed by atoms with Crippen molar-refractivity contribution in [3.63, 3.8) is 0 Å². The summed E-state index contributed by atoms with van der Waals surface area (Å²) >= 11 is -1.44. The molecule has 23 heteroatoms. The molecule has 0 fully saturated rings. The number of aldehydes is 1. The van der Waals surface area contributed by atoms with Crippen LogP contribution in [0.1, 0.15) is 60.0 Å². The van der Waals surface area contributed by atoms with Gasteiger partial charge in [-0.15, -0.1) is 10.2 Å². The van der Waals surface area contributed by atoms with Gasteiger partial charge in [0.1, 0.15) is 11.4 Å². The molecule has 0 atom stereocenters. The number of rotatable bonds is 8. The van der Waals surface area contributed by atoms with Gasteiger partial charge < -0.3 is 5.11 Å². The van der Waals surface area contributed by atoms with Gasteiger partial charge in [0.2, 0.25) is 0 Å². The van der Waals surface area contributed by atoms with Crippen LogP contribution in [0.5, 0.6) is 0 Å². The number of alkyl halides is 6. The number of aromatic nitrogens is 6. The van der Waals surface area contributed by atoms with Gasteiger partial charge in [-0.1, -0.05) is 31.7 Å². The topological polar surface area (TPSA) is 201 Å². The van der Waals surface area contributed by atoms with E-state index in [4.69, 9.17) is 12.8 Å². The first-order chi connectivity index (χ1) is 22.6. The zero-order valence-electron chi connectivity index (χ0n) is 25.6. The van der Waals surface area contributed by atoms with Crippen LogP contribution in [-0.2, 0) is 61.1 Å². The first-order valence-electron chi connectivity index (χ1n) is 13.3. The van der Waals surface area contributed by atoms with Crippen LogP contribution in [0.3, 0.4) is 0 Å². The third kappa shape index (κ3) is 10.0. The van der Waals surface area contributed by atoms with Gasteiger partial charge in [-0.25, -0.2) is 26.2 Å². The Morgan fingerprint density at radius 1 is 0.760 bits per heavy atom. The molecule has 0 aliphatic carbocycles. The van der Waals surface area contributed by atoms with E-state index in [2.05, 4.69) is 20.6 Å². The van der Waals surface area contributed by atoms with Gasteiger partial charge >= 0.3 is 34.8 Å². The summed E-state index contributed by atoms with van der Waals surface area (Å²) in [5.41, 5.74) is -1.50. The molecule has 0 aliphatic rings. The number of carbonyl (C=O) groups is 1. The van der Waals surface area contributed by atoms with Crippen molar-refractivity contribution in [3.05, 3.63) is 70.3 Å². The Balaban J connectivity index is 0.000000455. The first-order valence-corrected chi connectivity index (χ1v) is 17.6. The molecule has 4 rings (SSSR count). The zero-order chi connectivity index (χ0) is 37.5. The first kappa shape index (κ1) is 44.0. The summed E-state index contributed by atoms with van der Waals surface area (Å²) in [5.74, 6) is -0.739. The Kier molecular flexibility index (Phi) is 15.2. The van der Waals surface area contributed by atoms with Crippen LogP contribution in [-0.4, -0.2) is 69.7 Å². The van der Waals surface area contributed by atoms with Crippen LogP contribution in [0.25, 0.3) is 11.4 Å². The Morgan fingerprint density at radius 2 is 1.14 bits per heavy atom. The number of aliphatic hydroxyl groups is 1. The summed E-state index contributed by atoms with van der Waals surface area (Å²) in [6, 6.07) is 4.73. The molecule has 2 aromatic heterocycles. The number of carbonyl (C=O) groups excluding carboxylic acids is 1. The molecule has 0 aliphatic heterocycles. The summed E-state index contributed by atoms with van der Waals surface area (Å²) < 4.78 is 145. The predicted octanol–water partition coefficient (Wildman–Crippen LogP) is 4.48. The molecule has 0 saturated heterocycles. The number of hydrogen-bond donors (Lipinski definition) is 1. The predicted molar refractivity (Wildman–Crippen MR) is 157 cm³/mol. The number of aliphatic hydroxyl groups excluding tert-OH is 1. The molecule has 14 nitrogen and oxygen atoms in total. The molecule has 0 radical (unpaired) electrons. The van der Waals surface area contributed by atoms with Crippen LogP contribution in [0, 0.1) is 13.8 Å². The van der Waals surface area contributed by atoms with Gasteiger partial charge in [-0.2, -0.15) is 26.3 Å². The number of hydrogen-bond acceptors (Lipinski definition) is 12. The van der Waals surface area contributed by atoms with E-state index in [-0.39, 0.29) is 47.4 Å². The molecular formula is C27H30F6MnN6O8S2. The van der Waals surface area contributed by atoms with Gasteiger partial charge in [0.05, 0.1) is 61.8 Å². The molecule has 0 unspecified atom stereocenters. The van der Waals surface area contributed by atoms with Crippen molar-refractivity contribution in [2.45, 2.75) is 63.9 Å². The number of halogens is 6. The Bertz CT molecular complexity index is 2080. The fourth-order valence-electron chi connectivity index (χ4n) is 3.95. The van der Waals surface area contributed by atoms with Crippen molar-refractivity contribution in [3.8, 4) is 11.4 Å². The molecule has 50 heavy (non-hydrogen) atoms. The van der Waals surface area contributed by atoms with E-state index in [1.165, 1.54) is 27.7 Å². The summed E-state index contributed by atoms with van der Waals surface area (Å²) in [7, 11) is -7.88. The van der Waals surface area contributed by atoms with Crippen LogP contribution in [0.2, 0.25) is 0 Å². The van der Waals surface area contributed by atoms with Crippen LogP contribution >= 0.6 is 0 Å². The van der Waals surface area contributed by atoms with Crippen molar-refractivity contribution < 1.29 is 75.6 Å². The van der Waals surface area contributed by atoms with E-state index in [0.717, 1.165) is 33.6 Å². The molecule has 0 spiro atoms. The SMILES string of the molecule is C.CCS(=O)(=O)c1cc(C(F)(F)F)ccc1-n1nnc(C=O)c1C.CCS(=O)(=O)c1cc(C(F)(F)F)ccc1-n1nnc(CO)c1C.[O]=[Mn]=[O]. The van der Waals surface area contributed by atoms with Crippen LogP contribution in [0.4, 0.5) is 26.3 Å². The molecule has 277 valence electrons. The second-order valence-electron chi connectivity index (χ2n) is 9.51. The van der Waals surface area contributed by atoms with E-state index in [1.807, 2.05) is 0 Å². The summed E-state index contributed by atoms with van der Waals surface area (Å²) in [6.07, 6.45) is -8.91. The molecule has 0 bridgehead atoms. The molecule has 4 aromatic rings. The molecule has 2 heterocycles. The van der Waals surface area contributed by atoms with Crippen LogP contribution in [0.15, 0.2) is 46.2 Å². The molecule has 0 saturated carbocycles. The van der Waals surface area contributed by atoms with Gasteiger partial charge in [0.15, 0.2) is 26.0 Å². The van der Waals surface area contributed by atoms with Crippen molar-refractivity contribution in [1.82, 2.24) is 30.0 Å². The monoisotopic (exact) mass is 799 g/mol. The molecular weight excluding hydrogens is 769 g/mol. The average molecular weight is 800 g/mol. The van der Waals surface area contributed by atoms with Crippen LogP contribution < -0.4 is 0 Å². The second-order valence-corrected chi connectivity index (χ2v) is 14.2. The molecule has 0 amide bonds. The molecule has 2 aromatic carbocycles. The van der Waals surface area contributed by atoms with Crippen molar-refractivity contribution in [1.29, 1.82) is 0 Å². The minimum atomic E-state index is -4.68. The Morgan fingerprint density at radius 3 is 1.44 bits per heavy atom. The fourth-order valence-corrected chi connectivity index (χ4v) is 6.14.